The van der Waals surface area contributed by atoms with Crippen LogP contribution in [0.4, 0.5) is 0 Å². The molecule has 158 valence electrons. The summed E-state index contributed by atoms with van der Waals surface area (Å²) in [7, 11) is 3.75. The summed E-state index contributed by atoms with van der Waals surface area (Å²) in [5, 5.41) is 25.6. The first-order valence-corrected chi connectivity index (χ1v) is 8.74. The van der Waals surface area contributed by atoms with E-state index in [1.807, 2.05) is 14.1 Å². The fraction of sp³-hybridized carbons (Fsp3) is 0.588. The standard InChI is InChI=1S/C15H24N6O4.C2H7N/c1-16-6-13(7-18-4-3-5-22)8-19-14-9-20(12-25-11-14)10-15(17-2)21(23)24;1-3-2/h6-7,10,14,19,22H,1-5,8-9,11-12H2;3H,1-2H3/b13-6+,15-10+,18-7?;. The Morgan fingerprint density at radius 3 is 2.75 bits per heavy atom. The zero-order chi connectivity index (χ0) is 21.2. The van der Waals surface area contributed by atoms with Gasteiger partial charge >= 0.3 is 5.82 Å². The van der Waals surface area contributed by atoms with Crippen molar-refractivity contribution in [3.8, 4) is 0 Å². The van der Waals surface area contributed by atoms with Crippen LogP contribution in [0, 0.1) is 10.1 Å². The Balaban J connectivity index is 0.00000227. The van der Waals surface area contributed by atoms with E-state index < -0.39 is 4.92 Å². The molecule has 1 heterocycles. The lowest BCUT2D eigenvalue weighted by Gasteiger charge is -2.31. The van der Waals surface area contributed by atoms with Gasteiger partial charge in [0, 0.05) is 50.3 Å². The monoisotopic (exact) mass is 397 g/mol. The van der Waals surface area contributed by atoms with Gasteiger partial charge in [0.05, 0.1) is 6.61 Å². The third-order valence-electron chi connectivity index (χ3n) is 3.23. The Kier molecular flexibility index (Phi) is 15.2. The molecule has 11 nitrogen and oxygen atoms in total. The second kappa shape index (κ2) is 16.7. The fourth-order valence-electron chi connectivity index (χ4n) is 2.07. The molecule has 0 radical (unpaired) electrons. The van der Waals surface area contributed by atoms with E-state index in [0.29, 0.717) is 32.7 Å². The van der Waals surface area contributed by atoms with Crippen LogP contribution in [0.5, 0.6) is 0 Å². The summed E-state index contributed by atoms with van der Waals surface area (Å²) in [6.07, 6.45) is 5.21. The Morgan fingerprint density at radius 2 is 2.18 bits per heavy atom. The van der Waals surface area contributed by atoms with Gasteiger partial charge in [-0.1, -0.05) is 4.99 Å². The topological polar surface area (TPSA) is 137 Å². The largest absolute Gasteiger partial charge is 0.396 e. The Morgan fingerprint density at radius 1 is 1.46 bits per heavy atom. The van der Waals surface area contributed by atoms with Gasteiger partial charge in [-0.15, -0.1) is 0 Å². The lowest BCUT2D eigenvalue weighted by molar-refractivity contribution is -0.427. The van der Waals surface area contributed by atoms with Crippen molar-refractivity contribution >= 4 is 19.6 Å². The molecule has 0 aliphatic carbocycles. The molecule has 1 saturated heterocycles. The number of rotatable bonds is 11. The highest BCUT2D eigenvalue weighted by Crippen LogP contribution is 2.07. The Bertz CT molecular complexity index is 564. The molecule has 0 spiro atoms. The van der Waals surface area contributed by atoms with Crippen molar-refractivity contribution in [3.05, 3.63) is 33.9 Å². The highest BCUT2D eigenvalue weighted by atomic mass is 16.6. The molecular weight excluding hydrogens is 366 g/mol. The maximum absolute atomic E-state index is 10.8. The first kappa shape index (κ1) is 25.5. The summed E-state index contributed by atoms with van der Waals surface area (Å²) in [6.45, 7) is 9.02. The molecule has 3 N–H and O–H groups in total. The number of nitrogens with zero attached hydrogens (tertiary/aromatic N) is 5. The third-order valence-corrected chi connectivity index (χ3v) is 3.23. The smallest absolute Gasteiger partial charge is 0.378 e. The first-order chi connectivity index (χ1) is 13.5. The van der Waals surface area contributed by atoms with Crippen molar-refractivity contribution in [2.24, 2.45) is 15.0 Å². The molecule has 11 heteroatoms. The van der Waals surface area contributed by atoms with Gasteiger partial charge in [-0.2, -0.15) is 0 Å². The van der Waals surface area contributed by atoms with Gasteiger partial charge in [0.25, 0.3) is 0 Å². The molecule has 1 unspecified atom stereocenters. The van der Waals surface area contributed by atoms with Crippen molar-refractivity contribution in [3.63, 3.8) is 0 Å². The predicted molar refractivity (Wildman–Crippen MR) is 112 cm³/mol. The van der Waals surface area contributed by atoms with Crippen LogP contribution in [0.3, 0.4) is 0 Å². The summed E-state index contributed by atoms with van der Waals surface area (Å²) >= 11 is 0. The van der Waals surface area contributed by atoms with Crippen LogP contribution >= 0.6 is 0 Å². The van der Waals surface area contributed by atoms with Gasteiger partial charge in [-0.05, 0) is 32.2 Å². The molecule has 0 amide bonds. The van der Waals surface area contributed by atoms with Gasteiger partial charge in [0.1, 0.15) is 19.6 Å². The molecular formula is C17H31N7O4. The van der Waals surface area contributed by atoms with Crippen LogP contribution in [0.2, 0.25) is 0 Å². The van der Waals surface area contributed by atoms with Crippen LogP contribution in [-0.2, 0) is 4.74 Å². The van der Waals surface area contributed by atoms with Crippen molar-refractivity contribution in [2.45, 2.75) is 12.5 Å². The highest BCUT2D eigenvalue weighted by Gasteiger charge is 2.20. The van der Waals surface area contributed by atoms with Gasteiger partial charge < -0.3 is 35.5 Å². The lowest BCUT2D eigenvalue weighted by Crippen LogP contribution is -2.48. The highest BCUT2D eigenvalue weighted by molar-refractivity contribution is 5.79. The van der Waals surface area contributed by atoms with Crippen LogP contribution in [0.25, 0.3) is 0 Å². The number of aliphatic hydroxyl groups is 1. The maximum Gasteiger partial charge on any atom is 0.378 e. The minimum atomic E-state index is -0.594. The summed E-state index contributed by atoms with van der Waals surface area (Å²) in [5.41, 5.74) is 0.833. The molecule has 0 bridgehead atoms. The zero-order valence-corrected chi connectivity index (χ0v) is 16.6. The van der Waals surface area contributed by atoms with Gasteiger partial charge in [-0.25, -0.2) is 0 Å². The van der Waals surface area contributed by atoms with E-state index in [-0.39, 0.29) is 25.2 Å². The summed E-state index contributed by atoms with van der Waals surface area (Å²) < 4.78 is 5.44. The van der Waals surface area contributed by atoms with Crippen molar-refractivity contribution < 1.29 is 14.8 Å². The van der Waals surface area contributed by atoms with Crippen LogP contribution in [-0.4, -0.2) is 94.3 Å². The van der Waals surface area contributed by atoms with Crippen LogP contribution in [0.1, 0.15) is 6.42 Å². The van der Waals surface area contributed by atoms with Crippen molar-refractivity contribution in [1.29, 1.82) is 0 Å². The summed E-state index contributed by atoms with van der Waals surface area (Å²) in [5.74, 6) is -0.322. The average Bonchev–Trinajstić information content (AvgIpc) is 2.68. The second-order valence-corrected chi connectivity index (χ2v) is 5.75. The van der Waals surface area contributed by atoms with E-state index in [0.717, 1.165) is 5.57 Å². The SMILES string of the molecule is C=N/C=C(\C=NCCCO)CNC1COCN(/C=C(\N=C)[N+](=O)[O-])C1.CNC. The van der Waals surface area contributed by atoms with E-state index in [4.69, 9.17) is 9.84 Å². The first-order valence-electron chi connectivity index (χ1n) is 8.74. The third kappa shape index (κ3) is 12.0. The molecule has 1 aliphatic rings. The molecule has 1 aliphatic heterocycles. The minimum Gasteiger partial charge on any atom is -0.396 e. The summed E-state index contributed by atoms with van der Waals surface area (Å²) in [4.78, 5) is 23.2. The molecule has 1 fully saturated rings. The van der Waals surface area contributed by atoms with Gasteiger partial charge in [-0.3, -0.25) is 9.98 Å². The van der Waals surface area contributed by atoms with E-state index in [1.165, 1.54) is 6.20 Å². The average molecular weight is 397 g/mol. The quantitative estimate of drug-likeness (QED) is 0.191. The number of aliphatic imine (C=N–C) groups is 3. The van der Waals surface area contributed by atoms with Crippen LogP contribution < -0.4 is 10.6 Å². The number of hydrogen-bond acceptors (Lipinski definition) is 10. The molecule has 28 heavy (non-hydrogen) atoms. The van der Waals surface area contributed by atoms with Crippen molar-refractivity contribution in [2.75, 3.05) is 53.7 Å². The number of nitro groups is 1. The zero-order valence-electron chi connectivity index (χ0n) is 16.6. The minimum absolute atomic E-state index is 0.0260. The molecule has 1 rings (SSSR count). The molecule has 0 aromatic heterocycles. The van der Waals surface area contributed by atoms with Crippen LogP contribution in [0.15, 0.2) is 38.8 Å². The number of ether oxygens (including phenoxy) is 1. The van der Waals surface area contributed by atoms with Crippen molar-refractivity contribution in [1.82, 2.24) is 15.5 Å². The summed E-state index contributed by atoms with van der Waals surface area (Å²) in [6, 6.07) is -0.0260. The van der Waals surface area contributed by atoms with E-state index in [9.17, 15) is 10.1 Å². The second-order valence-electron chi connectivity index (χ2n) is 5.75. The van der Waals surface area contributed by atoms with Gasteiger partial charge in [0.2, 0.25) is 0 Å². The van der Waals surface area contributed by atoms with E-state index in [2.05, 4.69) is 39.0 Å². The predicted octanol–water partition coefficient (Wildman–Crippen LogP) is -0.116. The molecule has 1 atom stereocenters. The number of nitrogens with one attached hydrogen (secondary N) is 2. The molecule has 0 aromatic rings. The Hall–Kier alpha value is -2.47. The van der Waals surface area contributed by atoms with Gasteiger partial charge in [0.15, 0.2) is 0 Å². The molecule has 0 aromatic carbocycles. The number of aliphatic hydroxyl groups excluding tert-OH is 1. The Labute approximate surface area is 165 Å². The van der Waals surface area contributed by atoms with E-state index in [1.54, 1.807) is 17.3 Å². The lowest BCUT2D eigenvalue weighted by atomic mass is 10.2. The maximum atomic E-state index is 10.8. The fourth-order valence-corrected chi connectivity index (χ4v) is 2.07. The number of hydrogen-bond donors (Lipinski definition) is 3. The van der Waals surface area contributed by atoms with E-state index >= 15 is 0 Å². The normalized spacial score (nSPS) is 17.8. The molecule has 0 saturated carbocycles.